The van der Waals surface area contributed by atoms with E-state index < -0.39 is 0 Å². The molecule has 0 fully saturated rings. The number of pyridine rings is 1. The van der Waals surface area contributed by atoms with Crippen LogP contribution in [0.5, 0.6) is 0 Å². The van der Waals surface area contributed by atoms with E-state index >= 15 is 0 Å². The summed E-state index contributed by atoms with van der Waals surface area (Å²) in [7, 11) is 4.13. The summed E-state index contributed by atoms with van der Waals surface area (Å²) in [6.45, 7) is 5.90. The molecule has 0 radical (unpaired) electrons. The van der Waals surface area contributed by atoms with Crippen LogP contribution in [0.25, 0.3) is 0 Å². The van der Waals surface area contributed by atoms with Gasteiger partial charge in [0.15, 0.2) is 5.84 Å². The van der Waals surface area contributed by atoms with Crippen molar-refractivity contribution in [2.75, 3.05) is 33.7 Å². The first-order chi connectivity index (χ1) is 9.58. The fraction of sp³-hybridized carbons (Fsp3) is 0.571. The Morgan fingerprint density at radius 2 is 2.10 bits per heavy atom. The van der Waals surface area contributed by atoms with Gasteiger partial charge in [-0.05, 0) is 38.7 Å². The molecule has 1 aromatic heterocycles. The van der Waals surface area contributed by atoms with Crippen molar-refractivity contribution >= 4 is 5.84 Å². The van der Waals surface area contributed by atoms with Gasteiger partial charge < -0.3 is 15.8 Å². The fourth-order valence-electron chi connectivity index (χ4n) is 2.01. The zero-order valence-electron chi connectivity index (χ0n) is 12.6. The second-order valence-electron chi connectivity index (χ2n) is 5.08. The molecule has 0 aliphatic rings. The Balaban J connectivity index is 2.82. The van der Waals surface area contributed by atoms with Gasteiger partial charge in [-0.2, -0.15) is 0 Å². The van der Waals surface area contributed by atoms with Crippen molar-refractivity contribution in [3.63, 3.8) is 0 Å². The average molecular weight is 279 g/mol. The van der Waals surface area contributed by atoms with Crippen molar-refractivity contribution in [2.45, 2.75) is 19.9 Å². The summed E-state index contributed by atoms with van der Waals surface area (Å²) in [4.78, 5) is 8.72. The van der Waals surface area contributed by atoms with Crippen LogP contribution in [0.1, 0.15) is 24.6 Å². The largest absolute Gasteiger partial charge is 0.409 e. The van der Waals surface area contributed by atoms with E-state index in [9.17, 15) is 0 Å². The number of rotatable bonds is 8. The summed E-state index contributed by atoms with van der Waals surface area (Å²) >= 11 is 0. The molecular weight excluding hydrogens is 254 g/mol. The van der Waals surface area contributed by atoms with Crippen molar-refractivity contribution in [2.24, 2.45) is 10.9 Å². The van der Waals surface area contributed by atoms with Crippen LogP contribution in [0.15, 0.2) is 23.5 Å². The van der Waals surface area contributed by atoms with Crippen LogP contribution in [-0.4, -0.2) is 59.6 Å². The lowest BCUT2D eigenvalue weighted by molar-refractivity contribution is 0.233. The normalized spacial score (nSPS) is 12.3. The molecule has 0 saturated heterocycles. The van der Waals surface area contributed by atoms with E-state index in [-0.39, 0.29) is 5.84 Å². The zero-order valence-corrected chi connectivity index (χ0v) is 12.6. The van der Waals surface area contributed by atoms with E-state index in [1.54, 1.807) is 6.20 Å². The number of aromatic nitrogens is 1. The Kier molecular flexibility index (Phi) is 6.97. The molecule has 20 heavy (non-hydrogen) atoms. The quantitative estimate of drug-likeness (QED) is 0.321. The van der Waals surface area contributed by atoms with Crippen LogP contribution in [0, 0.1) is 0 Å². The second kappa shape index (κ2) is 8.50. The lowest BCUT2D eigenvalue weighted by Gasteiger charge is -2.24. The minimum atomic E-state index is 0.0599. The Labute approximate surface area is 120 Å². The molecule has 0 aromatic carbocycles. The summed E-state index contributed by atoms with van der Waals surface area (Å²) in [6, 6.07) is 3.85. The maximum absolute atomic E-state index is 8.83. The minimum absolute atomic E-state index is 0.0599. The lowest BCUT2D eigenvalue weighted by atomic mass is 10.1. The first-order valence-corrected chi connectivity index (χ1v) is 6.87. The number of amidine groups is 1. The van der Waals surface area contributed by atoms with Crippen molar-refractivity contribution in [1.82, 2.24) is 14.8 Å². The maximum atomic E-state index is 8.83. The predicted octanol–water partition coefficient (Wildman–Crippen LogP) is 0.950. The maximum Gasteiger partial charge on any atom is 0.189 e. The molecule has 0 unspecified atom stereocenters. The standard InChI is InChI=1S/C14H25N5O/c1-4-8-19(10-9-18(2)3)11-12-6-5-7-16-13(12)14(15)17-20/h5-7,20H,4,8-11H2,1-3H3,(H2,15,17). The van der Waals surface area contributed by atoms with E-state index in [0.717, 1.165) is 38.2 Å². The van der Waals surface area contributed by atoms with E-state index in [2.05, 4.69) is 41.0 Å². The Bertz CT molecular complexity index is 433. The number of oxime groups is 1. The first-order valence-electron chi connectivity index (χ1n) is 6.87. The summed E-state index contributed by atoms with van der Waals surface area (Å²) in [5.41, 5.74) is 7.22. The average Bonchev–Trinajstić information content (AvgIpc) is 2.44. The molecule has 0 saturated carbocycles. The van der Waals surface area contributed by atoms with Gasteiger partial charge in [-0.25, -0.2) is 0 Å². The molecule has 0 amide bonds. The molecule has 0 aliphatic carbocycles. The topological polar surface area (TPSA) is 78.0 Å². The van der Waals surface area contributed by atoms with Gasteiger partial charge in [0, 0.05) is 25.8 Å². The molecule has 6 nitrogen and oxygen atoms in total. The van der Waals surface area contributed by atoms with E-state index in [4.69, 9.17) is 10.9 Å². The predicted molar refractivity (Wildman–Crippen MR) is 80.9 cm³/mol. The highest BCUT2D eigenvalue weighted by atomic mass is 16.4. The van der Waals surface area contributed by atoms with Crippen LogP contribution in [0.2, 0.25) is 0 Å². The highest BCUT2D eigenvalue weighted by Gasteiger charge is 2.12. The summed E-state index contributed by atoms with van der Waals surface area (Å²) in [5, 5.41) is 11.9. The van der Waals surface area contributed by atoms with E-state index in [0.29, 0.717) is 5.69 Å². The minimum Gasteiger partial charge on any atom is -0.409 e. The fourth-order valence-corrected chi connectivity index (χ4v) is 2.01. The number of hydrogen-bond acceptors (Lipinski definition) is 5. The van der Waals surface area contributed by atoms with Crippen molar-refractivity contribution in [3.05, 3.63) is 29.6 Å². The van der Waals surface area contributed by atoms with Gasteiger partial charge in [0.25, 0.3) is 0 Å². The molecule has 6 heteroatoms. The van der Waals surface area contributed by atoms with Gasteiger partial charge in [0.05, 0.1) is 0 Å². The highest BCUT2D eigenvalue weighted by Crippen LogP contribution is 2.09. The van der Waals surface area contributed by atoms with Crippen molar-refractivity contribution in [3.8, 4) is 0 Å². The van der Waals surface area contributed by atoms with Gasteiger partial charge >= 0.3 is 0 Å². The Hall–Kier alpha value is -1.66. The lowest BCUT2D eigenvalue weighted by Crippen LogP contribution is -2.33. The molecule has 1 rings (SSSR count). The van der Waals surface area contributed by atoms with Crippen LogP contribution >= 0.6 is 0 Å². The van der Waals surface area contributed by atoms with Gasteiger partial charge in [0.2, 0.25) is 0 Å². The third-order valence-corrected chi connectivity index (χ3v) is 3.04. The summed E-state index contributed by atoms with van der Waals surface area (Å²) < 4.78 is 0. The van der Waals surface area contributed by atoms with Crippen molar-refractivity contribution < 1.29 is 5.21 Å². The monoisotopic (exact) mass is 279 g/mol. The third kappa shape index (κ3) is 5.14. The Morgan fingerprint density at radius 3 is 2.70 bits per heavy atom. The molecule has 0 bridgehead atoms. The molecule has 1 heterocycles. The summed E-state index contributed by atoms with van der Waals surface area (Å²) in [6.07, 6.45) is 2.74. The van der Waals surface area contributed by atoms with E-state index in [1.807, 2.05) is 12.1 Å². The molecule has 0 aliphatic heterocycles. The van der Waals surface area contributed by atoms with E-state index in [1.165, 1.54) is 0 Å². The zero-order chi connectivity index (χ0) is 15.0. The van der Waals surface area contributed by atoms with Gasteiger partial charge in [0.1, 0.15) is 5.69 Å². The van der Waals surface area contributed by atoms with Crippen LogP contribution in [-0.2, 0) is 6.54 Å². The molecule has 112 valence electrons. The number of hydrogen-bond donors (Lipinski definition) is 2. The number of nitrogens with zero attached hydrogens (tertiary/aromatic N) is 4. The summed E-state index contributed by atoms with van der Waals surface area (Å²) in [5.74, 6) is 0.0599. The highest BCUT2D eigenvalue weighted by molar-refractivity contribution is 5.96. The Morgan fingerprint density at radius 1 is 1.35 bits per heavy atom. The van der Waals surface area contributed by atoms with Gasteiger partial charge in [-0.3, -0.25) is 9.88 Å². The number of likely N-dealkylation sites (N-methyl/N-ethyl adjacent to an activating group) is 1. The van der Waals surface area contributed by atoms with Crippen molar-refractivity contribution in [1.29, 1.82) is 0 Å². The SMILES string of the molecule is CCCN(CCN(C)C)Cc1cccnc1C(N)=NO. The van der Waals surface area contributed by atoms with Gasteiger partial charge in [-0.1, -0.05) is 18.1 Å². The number of nitrogens with two attached hydrogens (primary N) is 1. The first kappa shape index (κ1) is 16.4. The van der Waals surface area contributed by atoms with Crippen LogP contribution < -0.4 is 5.73 Å². The molecule has 0 atom stereocenters. The molecule has 1 aromatic rings. The van der Waals surface area contributed by atoms with Crippen LogP contribution in [0.3, 0.4) is 0 Å². The second-order valence-corrected chi connectivity index (χ2v) is 5.08. The smallest absolute Gasteiger partial charge is 0.189 e. The molecule has 0 spiro atoms. The third-order valence-electron chi connectivity index (χ3n) is 3.04. The molecule has 3 N–H and O–H groups in total. The van der Waals surface area contributed by atoms with Crippen LogP contribution in [0.4, 0.5) is 0 Å². The molecular formula is C14H25N5O. The van der Waals surface area contributed by atoms with Gasteiger partial charge in [-0.15, -0.1) is 0 Å².